The lowest BCUT2D eigenvalue weighted by Crippen LogP contribution is -2.55. The van der Waals surface area contributed by atoms with Crippen molar-refractivity contribution in [3.63, 3.8) is 0 Å². The highest BCUT2D eigenvalue weighted by atomic mass is 16.5. The number of fused-ring (bicyclic) bond motifs is 4. The van der Waals surface area contributed by atoms with Crippen molar-refractivity contribution in [2.24, 2.45) is 5.92 Å². The van der Waals surface area contributed by atoms with Crippen LogP contribution in [0, 0.1) is 19.8 Å². The molecule has 0 spiro atoms. The van der Waals surface area contributed by atoms with Crippen molar-refractivity contribution in [2.45, 2.75) is 77.4 Å². The lowest BCUT2D eigenvalue weighted by molar-refractivity contribution is -0.138. The third-order valence-electron chi connectivity index (χ3n) is 9.37. The zero-order chi connectivity index (χ0) is 34.0. The largest absolute Gasteiger partial charge is 0.494 e. The van der Waals surface area contributed by atoms with E-state index in [9.17, 15) is 19.2 Å². The zero-order valence-corrected chi connectivity index (χ0v) is 27.9. The lowest BCUT2D eigenvalue weighted by atomic mass is 9.94. The Hall–Kier alpha value is -4.86. The number of carbonyl (C=O) groups is 4. The summed E-state index contributed by atoms with van der Waals surface area (Å²) < 4.78 is 6.11. The molecular weight excluding hydrogens is 606 g/mol. The van der Waals surface area contributed by atoms with Crippen LogP contribution in [0.5, 0.6) is 5.75 Å². The molecule has 5 N–H and O–H groups in total. The van der Waals surface area contributed by atoms with Gasteiger partial charge in [-0.05, 0) is 97.9 Å². The standard InChI is InChI=1S/C38H47N5O5/c1-25-10-13-31-21-30(25)23-40-37(46)33(15-12-27-7-4-3-5-8-27)42-38(47)34(41-35(44)20-29-11-14-32(39)26(2)19-29)22-36(45)43-17-6-9-28(24-43)16-18-48-31/h3-5,7-8,10-11,13-14,19,21,28,33-34H,6,9,12,15-18,20,22-24,39H2,1-2H3,(H,40,46)(H,41,44)(H,42,47)/t28?,33-,34-/m0/s1. The fourth-order valence-electron chi connectivity index (χ4n) is 6.39. The summed E-state index contributed by atoms with van der Waals surface area (Å²) in [6, 6.07) is 18.9. The quantitative estimate of drug-likeness (QED) is 0.299. The van der Waals surface area contributed by atoms with E-state index in [1.807, 2.05) is 68.4 Å². The summed E-state index contributed by atoms with van der Waals surface area (Å²) in [7, 11) is 0. The van der Waals surface area contributed by atoms with Gasteiger partial charge in [-0.2, -0.15) is 0 Å². The number of nitrogens with two attached hydrogens (primary N) is 1. The summed E-state index contributed by atoms with van der Waals surface area (Å²) >= 11 is 0. The predicted molar refractivity (Wildman–Crippen MR) is 185 cm³/mol. The fraction of sp³-hybridized carbons (Fsp3) is 0.421. The lowest BCUT2D eigenvalue weighted by Gasteiger charge is -2.34. The molecule has 254 valence electrons. The Morgan fingerprint density at radius 1 is 0.958 bits per heavy atom. The molecule has 4 bridgehead atoms. The molecule has 1 unspecified atom stereocenters. The molecule has 2 aliphatic rings. The van der Waals surface area contributed by atoms with Gasteiger partial charge in [0.15, 0.2) is 0 Å². The van der Waals surface area contributed by atoms with Crippen molar-refractivity contribution in [2.75, 3.05) is 25.4 Å². The van der Waals surface area contributed by atoms with Crippen LogP contribution in [-0.2, 0) is 38.6 Å². The topological polar surface area (TPSA) is 143 Å². The smallest absolute Gasteiger partial charge is 0.243 e. The zero-order valence-electron chi connectivity index (χ0n) is 27.9. The van der Waals surface area contributed by atoms with Crippen LogP contribution in [0.2, 0.25) is 0 Å². The van der Waals surface area contributed by atoms with Crippen LogP contribution in [0.4, 0.5) is 5.69 Å². The molecule has 10 heteroatoms. The summed E-state index contributed by atoms with van der Waals surface area (Å²) in [6.45, 7) is 5.78. The summed E-state index contributed by atoms with van der Waals surface area (Å²) in [5.74, 6) is -0.527. The molecular formula is C38H47N5O5. The molecule has 0 saturated carbocycles. The second-order valence-corrected chi connectivity index (χ2v) is 13.1. The van der Waals surface area contributed by atoms with E-state index in [1.54, 1.807) is 17.0 Å². The first-order valence-electron chi connectivity index (χ1n) is 16.9. The number of anilines is 1. The molecule has 5 rings (SSSR count). The number of piperidine rings is 1. The van der Waals surface area contributed by atoms with Crippen molar-refractivity contribution < 1.29 is 23.9 Å². The van der Waals surface area contributed by atoms with Gasteiger partial charge < -0.3 is 31.3 Å². The molecule has 3 aromatic rings. The summed E-state index contributed by atoms with van der Waals surface area (Å²) in [6.07, 6.45) is 3.31. The molecule has 0 aromatic heterocycles. The Balaban J connectivity index is 1.40. The Morgan fingerprint density at radius 2 is 1.77 bits per heavy atom. The average Bonchev–Trinajstić information content (AvgIpc) is 3.08. The molecule has 3 atom stereocenters. The summed E-state index contributed by atoms with van der Waals surface area (Å²) in [5.41, 5.74) is 11.1. The molecule has 2 heterocycles. The van der Waals surface area contributed by atoms with E-state index in [-0.39, 0.29) is 37.1 Å². The van der Waals surface area contributed by atoms with E-state index in [0.717, 1.165) is 52.8 Å². The maximum absolute atomic E-state index is 14.0. The van der Waals surface area contributed by atoms with Gasteiger partial charge in [0, 0.05) is 25.3 Å². The third-order valence-corrected chi connectivity index (χ3v) is 9.37. The SMILES string of the molecule is Cc1cc(CC(=O)N[C@H]2CC(=O)N3CCCC(CCOc4ccc(C)c(c4)CNC(=O)[C@H](CCc4ccccc4)NC2=O)C3)ccc1N. The van der Waals surface area contributed by atoms with E-state index >= 15 is 0 Å². The van der Waals surface area contributed by atoms with Gasteiger partial charge in [0.2, 0.25) is 23.6 Å². The third kappa shape index (κ3) is 9.59. The monoisotopic (exact) mass is 653 g/mol. The number of ether oxygens (including phenoxy) is 1. The van der Waals surface area contributed by atoms with E-state index in [2.05, 4.69) is 16.0 Å². The van der Waals surface area contributed by atoms with E-state index in [1.165, 1.54) is 0 Å². The van der Waals surface area contributed by atoms with Crippen LogP contribution in [0.3, 0.4) is 0 Å². The number of aryl methyl sites for hydroxylation is 3. The molecule has 1 saturated heterocycles. The van der Waals surface area contributed by atoms with Crippen LogP contribution in [0.15, 0.2) is 66.7 Å². The van der Waals surface area contributed by atoms with Gasteiger partial charge in [0.1, 0.15) is 17.8 Å². The predicted octanol–water partition coefficient (Wildman–Crippen LogP) is 3.76. The van der Waals surface area contributed by atoms with Crippen molar-refractivity contribution in [1.29, 1.82) is 0 Å². The molecule has 48 heavy (non-hydrogen) atoms. The molecule has 0 aliphatic carbocycles. The van der Waals surface area contributed by atoms with Crippen LogP contribution in [0.25, 0.3) is 0 Å². The number of hydrogen-bond acceptors (Lipinski definition) is 6. The molecule has 0 radical (unpaired) electrons. The first kappa shape index (κ1) is 34.5. The van der Waals surface area contributed by atoms with Gasteiger partial charge in [-0.3, -0.25) is 19.2 Å². The van der Waals surface area contributed by atoms with Crippen molar-refractivity contribution >= 4 is 29.3 Å². The number of nitrogens with zero attached hydrogens (tertiary/aromatic N) is 1. The number of amides is 4. The number of carbonyl (C=O) groups excluding carboxylic acids is 4. The minimum Gasteiger partial charge on any atom is -0.494 e. The molecule has 10 nitrogen and oxygen atoms in total. The molecule has 1 fully saturated rings. The van der Waals surface area contributed by atoms with Gasteiger partial charge in [0.05, 0.1) is 19.4 Å². The second-order valence-electron chi connectivity index (χ2n) is 13.1. The number of nitrogens with one attached hydrogen (secondary N) is 3. The number of benzene rings is 3. The molecule has 3 aromatic carbocycles. The number of nitrogen functional groups attached to an aromatic ring is 1. The average molecular weight is 654 g/mol. The Labute approximate surface area is 282 Å². The van der Waals surface area contributed by atoms with E-state index in [0.29, 0.717) is 38.2 Å². The fourth-order valence-corrected chi connectivity index (χ4v) is 6.39. The van der Waals surface area contributed by atoms with Gasteiger partial charge in [-0.15, -0.1) is 0 Å². The number of hydrogen-bond donors (Lipinski definition) is 4. The van der Waals surface area contributed by atoms with Crippen LogP contribution in [0.1, 0.15) is 59.9 Å². The Kier molecular flexibility index (Phi) is 11.7. The molecule has 2 aliphatic heterocycles. The van der Waals surface area contributed by atoms with E-state index in [4.69, 9.17) is 10.5 Å². The highest BCUT2D eigenvalue weighted by Crippen LogP contribution is 2.23. The normalized spacial score (nSPS) is 20.8. The van der Waals surface area contributed by atoms with Crippen molar-refractivity contribution in [3.05, 3.63) is 94.5 Å². The van der Waals surface area contributed by atoms with Crippen LogP contribution >= 0.6 is 0 Å². The second kappa shape index (κ2) is 16.3. The minimum absolute atomic E-state index is 0.0151. The van der Waals surface area contributed by atoms with Gasteiger partial charge in [-0.1, -0.05) is 48.5 Å². The maximum Gasteiger partial charge on any atom is 0.243 e. The summed E-state index contributed by atoms with van der Waals surface area (Å²) in [5, 5.41) is 8.71. The first-order chi connectivity index (χ1) is 23.1. The highest BCUT2D eigenvalue weighted by molar-refractivity contribution is 5.95. The van der Waals surface area contributed by atoms with Gasteiger partial charge in [-0.25, -0.2) is 0 Å². The highest BCUT2D eigenvalue weighted by Gasteiger charge is 2.32. The van der Waals surface area contributed by atoms with Gasteiger partial charge in [0.25, 0.3) is 0 Å². The Morgan fingerprint density at radius 3 is 2.56 bits per heavy atom. The minimum atomic E-state index is -1.16. The van der Waals surface area contributed by atoms with Crippen molar-refractivity contribution in [3.8, 4) is 5.75 Å². The Bertz CT molecular complexity index is 1610. The van der Waals surface area contributed by atoms with Crippen molar-refractivity contribution in [1.82, 2.24) is 20.9 Å². The number of rotatable bonds is 6. The maximum atomic E-state index is 14.0. The first-order valence-corrected chi connectivity index (χ1v) is 16.9. The van der Waals surface area contributed by atoms with Crippen LogP contribution < -0.4 is 26.4 Å². The molecule has 4 amide bonds. The summed E-state index contributed by atoms with van der Waals surface area (Å²) in [4.78, 5) is 56.4. The van der Waals surface area contributed by atoms with E-state index < -0.39 is 23.9 Å². The van der Waals surface area contributed by atoms with Gasteiger partial charge >= 0.3 is 0 Å². The van der Waals surface area contributed by atoms with Crippen LogP contribution in [-0.4, -0.2) is 60.3 Å².